The highest BCUT2D eigenvalue weighted by Crippen LogP contribution is 2.32. The predicted octanol–water partition coefficient (Wildman–Crippen LogP) is 4.11. The van der Waals surface area contributed by atoms with Gasteiger partial charge < -0.3 is 4.90 Å². The fraction of sp³-hybridized carbons (Fsp3) is 0.316. The molecule has 106 valence electrons. The minimum absolute atomic E-state index is 0.589. The fourth-order valence-electron chi connectivity index (χ4n) is 3.29. The van der Waals surface area contributed by atoms with Crippen LogP contribution in [0, 0.1) is 11.3 Å². The molecule has 2 aromatic carbocycles. The second kappa shape index (κ2) is 6.01. The van der Waals surface area contributed by atoms with E-state index in [0.29, 0.717) is 5.92 Å². The summed E-state index contributed by atoms with van der Waals surface area (Å²) in [4.78, 5) is 2.27. The predicted molar refractivity (Wildman–Crippen MR) is 86.5 cm³/mol. The molecule has 1 aliphatic rings. The number of nitriles is 1. The first-order valence-corrected chi connectivity index (χ1v) is 7.57. The number of nitrogens with zero attached hydrogens (tertiary/aromatic N) is 2. The molecule has 0 radical (unpaired) electrons. The van der Waals surface area contributed by atoms with Gasteiger partial charge in [-0.15, -0.1) is 0 Å². The van der Waals surface area contributed by atoms with Crippen molar-refractivity contribution in [2.75, 3.05) is 18.5 Å². The molecule has 0 aromatic heterocycles. The number of aryl methyl sites for hydroxylation is 1. The molecule has 21 heavy (non-hydrogen) atoms. The number of rotatable bonds is 3. The lowest BCUT2D eigenvalue weighted by molar-refractivity contribution is 0.551. The molecular weight excluding hydrogens is 256 g/mol. The van der Waals surface area contributed by atoms with Crippen molar-refractivity contribution in [3.63, 3.8) is 0 Å². The lowest BCUT2D eigenvalue weighted by Gasteiger charge is -2.30. The minimum Gasteiger partial charge on any atom is -0.374 e. The van der Waals surface area contributed by atoms with E-state index in [-0.39, 0.29) is 0 Å². The molecule has 0 saturated heterocycles. The quantitative estimate of drug-likeness (QED) is 0.843. The van der Waals surface area contributed by atoms with Crippen LogP contribution in [-0.4, -0.2) is 13.6 Å². The molecule has 1 unspecified atom stereocenters. The van der Waals surface area contributed by atoms with Gasteiger partial charge in [0.25, 0.3) is 0 Å². The zero-order valence-corrected chi connectivity index (χ0v) is 12.4. The molecule has 0 saturated carbocycles. The van der Waals surface area contributed by atoms with Gasteiger partial charge in [0.1, 0.15) is 0 Å². The van der Waals surface area contributed by atoms with E-state index in [1.165, 1.54) is 30.4 Å². The maximum Gasteiger partial charge on any atom is 0.0992 e. The molecule has 2 nitrogen and oxygen atoms in total. The molecule has 0 heterocycles. The lowest BCUT2D eigenvalue weighted by Crippen LogP contribution is -2.26. The van der Waals surface area contributed by atoms with E-state index in [0.717, 1.165) is 17.8 Å². The van der Waals surface area contributed by atoms with E-state index in [2.05, 4.69) is 48.3 Å². The van der Waals surface area contributed by atoms with Gasteiger partial charge in [-0.05, 0) is 48.6 Å². The summed E-state index contributed by atoms with van der Waals surface area (Å²) in [6.45, 7) is 1.01. The summed E-state index contributed by atoms with van der Waals surface area (Å²) in [6.07, 6.45) is 3.73. The SMILES string of the molecule is CN(CC1CCCc2ccccc21)c1cccc(C#N)c1. The van der Waals surface area contributed by atoms with Crippen LogP contribution in [0.2, 0.25) is 0 Å². The highest BCUT2D eigenvalue weighted by atomic mass is 15.1. The average molecular weight is 276 g/mol. The van der Waals surface area contributed by atoms with Crippen LogP contribution in [0.25, 0.3) is 0 Å². The van der Waals surface area contributed by atoms with Gasteiger partial charge >= 0.3 is 0 Å². The van der Waals surface area contributed by atoms with E-state index in [1.807, 2.05) is 18.2 Å². The van der Waals surface area contributed by atoms with Crippen molar-refractivity contribution < 1.29 is 0 Å². The molecule has 3 rings (SSSR count). The Morgan fingerprint density at radius 2 is 2.05 bits per heavy atom. The summed E-state index contributed by atoms with van der Waals surface area (Å²) in [6, 6.07) is 18.9. The third kappa shape index (κ3) is 2.92. The van der Waals surface area contributed by atoms with Crippen molar-refractivity contribution >= 4 is 5.69 Å². The highest BCUT2D eigenvalue weighted by Gasteiger charge is 2.21. The molecule has 2 aromatic rings. The third-order valence-corrected chi connectivity index (χ3v) is 4.40. The number of fused-ring (bicyclic) bond motifs is 1. The molecular formula is C19H20N2. The zero-order chi connectivity index (χ0) is 14.7. The molecule has 1 atom stereocenters. The van der Waals surface area contributed by atoms with E-state index in [4.69, 9.17) is 5.26 Å². The van der Waals surface area contributed by atoms with Crippen molar-refractivity contribution in [1.82, 2.24) is 0 Å². The first kappa shape index (κ1) is 13.7. The smallest absolute Gasteiger partial charge is 0.0992 e. The second-order valence-corrected chi connectivity index (χ2v) is 5.83. The number of benzene rings is 2. The molecule has 0 N–H and O–H groups in total. The summed E-state index contributed by atoms with van der Waals surface area (Å²) in [5, 5.41) is 9.03. The summed E-state index contributed by atoms with van der Waals surface area (Å²) in [7, 11) is 2.12. The van der Waals surface area contributed by atoms with Gasteiger partial charge in [-0.1, -0.05) is 30.3 Å². The van der Waals surface area contributed by atoms with E-state index in [1.54, 1.807) is 0 Å². The molecule has 1 aliphatic carbocycles. The lowest BCUT2D eigenvalue weighted by atomic mass is 9.82. The van der Waals surface area contributed by atoms with E-state index >= 15 is 0 Å². The number of hydrogen-bond donors (Lipinski definition) is 0. The highest BCUT2D eigenvalue weighted by molar-refractivity contribution is 5.51. The average Bonchev–Trinajstić information content (AvgIpc) is 2.55. The number of anilines is 1. The van der Waals surface area contributed by atoms with Crippen LogP contribution in [0.4, 0.5) is 5.69 Å². The molecule has 0 fully saturated rings. The van der Waals surface area contributed by atoms with E-state index in [9.17, 15) is 0 Å². The van der Waals surface area contributed by atoms with Crippen LogP contribution in [0.5, 0.6) is 0 Å². The van der Waals surface area contributed by atoms with Gasteiger partial charge in [-0.2, -0.15) is 5.26 Å². The van der Waals surface area contributed by atoms with Crippen molar-refractivity contribution in [3.05, 3.63) is 65.2 Å². The summed E-state index contributed by atoms with van der Waals surface area (Å²) in [5.41, 5.74) is 4.86. The summed E-state index contributed by atoms with van der Waals surface area (Å²) < 4.78 is 0. The fourth-order valence-corrected chi connectivity index (χ4v) is 3.29. The van der Waals surface area contributed by atoms with Crippen molar-refractivity contribution in [3.8, 4) is 6.07 Å². The summed E-state index contributed by atoms with van der Waals surface area (Å²) >= 11 is 0. The molecule has 2 heteroatoms. The Bertz CT molecular complexity index is 669. The van der Waals surface area contributed by atoms with Crippen LogP contribution in [0.3, 0.4) is 0 Å². The topological polar surface area (TPSA) is 27.0 Å². The van der Waals surface area contributed by atoms with Crippen LogP contribution in [0.15, 0.2) is 48.5 Å². The van der Waals surface area contributed by atoms with Crippen molar-refractivity contribution in [1.29, 1.82) is 5.26 Å². The maximum atomic E-state index is 9.03. The van der Waals surface area contributed by atoms with Gasteiger partial charge in [0.2, 0.25) is 0 Å². The van der Waals surface area contributed by atoms with Crippen molar-refractivity contribution in [2.24, 2.45) is 0 Å². The van der Waals surface area contributed by atoms with Gasteiger partial charge in [-0.25, -0.2) is 0 Å². The Balaban J connectivity index is 1.79. The Morgan fingerprint density at radius 1 is 1.19 bits per heavy atom. The van der Waals surface area contributed by atoms with Gasteiger partial charge in [0.05, 0.1) is 11.6 Å². The van der Waals surface area contributed by atoms with Gasteiger partial charge in [0, 0.05) is 25.2 Å². The second-order valence-electron chi connectivity index (χ2n) is 5.83. The van der Waals surface area contributed by atoms with Gasteiger partial charge in [-0.3, -0.25) is 0 Å². The molecule has 0 spiro atoms. The van der Waals surface area contributed by atoms with Gasteiger partial charge in [0.15, 0.2) is 0 Å². The van der Waals surface area contributed by atoms with Crippen LogP contribution in [0.1, 0.15) is 35.4 Å². The van der Waals surface area contributed by atoms with Crippen molar-refractivity contribution in [2.45, 2.75) is 25.2 Å². The first-order chi connectivity index (χ1) is 10.3. The zero-order valence-electron chi connectivity index (χ0n) is 12.4. The van der Waals surface area contributed by atoms with Crippen LogP contribution < -0.4 is 4.90 Å². The Labute approximate surface area is 126 Å². The molecule has 0 bridgehead atoms. The normalized spacial score (nSPS) is 16.9. The number of hydrogen-bond acceptors (Lipinski definition) is 2. The Morgan fingerprint density at radius 3 is 2.90 bits per heavy atom. The minimum atomic E-state index is 0.589. The molecule has 0 aliphatic heterocycles. The Kier molecular flexibility index (Phi) is 3.92. The Hall–Kier alpha value is -2.27. The van der Waals surface area contributed by atoms with Crippen LogP contribution in [-0.2, 0) is 6.42 Å². The van der Waals surface area contributed by atoms with Crippen LogP contribution >= 0.6 is 0 Å². The first-order valence-electron chi connectivity index (χ1n) is 7.57. The standard InChI is InChI=1S/C19H20N2/c1-21(18-10-4-6-15(12-18)13-20)14-17-9-5-8-16-7-2-3-11-19(16)17/h2-4,6-7,10-12,17H,5,8-9,14H2,1H3. The third-order valence-electron chi connectivity index (χ3n) is 4.40. The maximum absolute atomic E-state index is 9.03. The number of likely N-dealkylation sites (N-methyl/N-ethyl adjacent to an activating group) is 1. The largest absolute Gasteiger partial charge is 0.374 e. The molecule has 0 amide bonds. The monoisotopic (exact) mass is 276 g/mol. The van der Waals surface area contributed by atoms with E-state index < -0.39 is 0 Å². The summed E-state index contributed by atoms with van der Waals surface area (Å²) in [5.74, 6) is 0.589.